The van der Waals surface area contributed by atoms with Crippen molar-refractivity contribution in [3.63, 3.8) is 0 Å². The molecule has 84 valence electrons. The van der Waals surface area contributed by atoms with Crippen molar-refractivity contribution in [1.29, 1.82) is 0 Å². The molecule has 0 bridgehead atoms. The molecule has 0 aromatic carbocycles. The second-order valence-electron chi connectivity index (χ2n) is 3.40. The third kappa shape index (κ3) is 1.84. The van der Waals surface area contributed by atoms with Gasteiger partial charge < -0.3 is 9.84 Å². The largest absolute Gasteiger partial charge is 0.493 e. The maximum atomic E-state index is 10.9. The Bertz CT molecular complexity index is 519. The summed E-state index contributed by atoms with van der Waals surface area (Å²) in [6.45, 7) is 2.63. The highest BCUT2D eigenvalue weighted by atomic mass is 16.5. The van der Waals surface area contributed by atoms with E-state index in [0.29, 0.717) is 17.9 Å². The molecule has 0 saturated carbocycles. The second-order valence-corrected chi connectivity index (χ2v) is 3.40. The number of carbonyl (C=O) groups is 1. The van der Waals surface area contributed by atoms with Crippen LogP contribution in [0, 0.1) is 0 Å². The molecular formula is C11H12N2O3. The maximum Gasteiger partial charge on any atom is 0.339 e. The van der Waals surface area contributed by atoms with Crippen molar-refractivity contribution in [2.75, 3.05) is 6.61 Å². The number of hydrogen-bond donors (Lipinski definition) is 1. The first-order valence-corrected chi connectivity index (χ1v) is 5.06. The van der Waals surface area contributed by atoms with Crippen molar-refractivity contribution in [2.45, 2.75) is 13.3 Å². The Labute approximate surface area is 92.3 Å². The molecular weight excluding hydrogens is 208 g/mol. The monoisotopic (exact) mass is 220 g/mol. The number of nitrogens with zero attached hydrogens (tertiary/aromatic N) is 2. The number of aromatic carboxylic acids is 1. The molecule has 0 unspecified atom stereocenters. The summed E-state index contributed by atoms with van der Waals surface area (Å²) in [4.78, 5) is 10.9. The third-order valence-corrected chi connectivity index (χ3v) is 2.20. The number of hydrogen-bond acceptors (Lipinski definition) is 3. The Kier molecular flexibility index (Phi) is 2.76. The number of carboxylic acid groups (broad SMARTS) is 1. The summed E-state index contributed by atoms with van der Waals surface area (Å²) in [6, 6.07) is 3.45. The average molecular weight is 220 g/mol. The highest BCUT2D eigenvalue weighted by Crippen LogP contribution is 2.17. The summed E-state index contributed by atoms with van der Waals surface area (Å²) in [5.74, 6) is -0.319. The molecule has 0 aliphatic carbocycles. The zero-order valence-electron chi connectivity index (χ0n) is 8.88. The van der Waals surface area contributed by atoms with Crippen molar-refractivity contribution in [2.24, 2.45) is 0 Å². The number of fused-ring (bicyclic) bond motifs is 1. The van der Waals surface area contributed by atoms with E-state index in [0.717, 1.165) is 6.42 Å². The molecule has 0 aliphatic heterocycles. The normalized spacial score (nSPS) is 10.6. The van der Waals surface area contributed by atoms with Crippen LogP contribution in [0.1, 0.15) is 23.7 Å². The van der Waals surface area contributed by atoms with Crippen LogP contribution in [0.15, 0.2) is 24.5 Å². The van der Waals surface area contributed by atoms with Gasteiger partial charge in [0.25, 0.3) is 0 Å². The van der Waals surface area contributed by atoms with Gasteiger partial charge in [-0.25, -0.2) is 9.31 Å². The molecule has 0 saturated heterocycles. The smallest absolute Gasteiger partial charge is 0.339 e. The molecule has 0 aliphatic rings. The molecule has 2 rings (SSSR count). The van der Waals surface area contributed by atoms with Crippen LogP contribution in [-0.4, -0.2) is 27.3 Å². The molecule has 5 heteroatoms. The van der Waals surface area contributed by atoms with Crippen LogP contribution in [-0.2, 0) is 0 Å². The number of pyridine rings is 1. The van der Waals surface area contributed by atoms with Gasteiger partial charge >= 0.3 is 5.97 Å². The number of aromatic nitrogens is 2. The first-order chi connectivity index (χ1) is 7.72. The number of carboxylic acids is 1. The van der Waals surface area contributed by atoms with Gasteiger partial charge in [-0.2, -0.15) is 5.10 Å². The highest BCUT2D eigenvalue weighted by molar-refractivity contribution is 5.95. The molecule has 0 atom stereocenters. The van der Waals surface area contributed by atoms with Crippen LogP contribution in [0.2, 0.25) is 0 Å². The molecule has 2 heterocycles. The fraction of sp³-hybridized carbons (Fsp3) is 0.273. The van der Waals surface area contributed by atoms with Gasteiger partial charge in [0.1, 0.15) is 11.3 Å². The van der Waals surface area contributed by atoms with E-state index < -0.39 is 5.97 Å². The van der Waals surface area contributed by atoms with Gasteiger partial charge in [0.15, 0.2) is 0 Å². The summed E-state index contributed by atoms with van der Waals surface area (Å²) in [5.41, 5.74) is 0.725. The van der Waals surface area contributed by atoms with Crippen LogP contribution >= 0.6 is 0 Å². The van der Waals surface area contributed by atoms with Crippen LogP contribution in [0.4, 0.5) is 0 Å². The SMILES string of the molecule is CCCOc1ccn2ncc(C(=O)O)c2c1. The molecule has 0 radical (unpaired) electrons. The van der Waals surface area contributed by atoms with Crippen molar-refractivity contribution in [3.05, 3.63) is 30.1 Å². The first kappa shape index (κ1) is 10.5. The lowest BCUT2D eigenvalue weighted by Gasteiger charge is -2.04. The van der Waals surface area contributed by atoms with E-state index in [1.807, 2.05) is 6.92 Å². The molecule has 2 aromatic rings. The molecule has 5 nitrogen and oxygen atoms in total. The fourth-order valence-electron chi connectivity index (χ4n) is 1.44. The predicted octanol–water partition coefficient (Wildman–Crippen LogP) is 1.82. The van der Waals surface area contributed by atoms with Crippen LogP contribution < -0.4 is 4.74 Å². The van der Waals surface area contributed by atoms with Gasteiger partial charge in [-0.15, -0.1) is 0 Å². The molecule has 16 heavy (non-hydrogen) atoms. The van der Waals surface area contributed by atoms with E-state index >= 15 is 0 Å². The average Bonchev–Trinajstić information content (AvgIpc) is 2.69. The topological polar surface area (TPSA) is 63.8 Å². The van der Waals surface area contributed by atoms with E-state index in [9.17, 15) is 4.79 Å². The zero-order chi connectivity index (χ0) is 11.5. The Balaban J connectivity index is 2.42. The van der Waals surface area contributed by atoms with Crippen molar-refractivity contribution < 1.29 is 14.6 Å². The highest BCUT2D eigenvalue weighted by Gasteiger charge is 2.11. The van der Waals surface area contributed by atoms with Gasteiger partial charge in [0.2, 0.25) is 0 Å². The van der Waals surface area contributed by atoms with E-state index in [2.05, 4.69) is 5.10 Å². The molecule has 0 spiro atoms. The minimum absolute atomic E-state index is 0.182. The van der Waals surface area contributed by atoms with E-state index in [4.69, 9.17) is 9.84 Å². The summed E-state index contributed by atoms with van der Waals surface area (Å²) in [5, 5.41) is 12.9. The number of ether oxygens (including phenoxy) is 1. The maximum absolute atomic E-state index is 10.9. The predicted molar refractivity (Wildman–Crippen MR) is 57.9 cm³/mol. The van der Waals surface area contributed by atoms with Gasteiger partial charge in [0.05, 0.1) is 18.3 Å². The number of rotatable bonds is 4. The summed E-state index contributed by atoms with van der Waals surface area (Å²) in [6.07, 6.45) is 3.93. The van der Waals surface area contributed by atoms with Crippen molar-refractivity contribution >= 4 is 11.5 Å². The minimum Gasteiger partial charge on any atom is -0.493 e. The van der Waals surface area contributed by atoms with Gasteiger partial charge in [-0.1, -0.05) is 6.92 Å². The van der Waals surface area contributed by atoms with Gasteiger partial charge in [-0.3, -0.25) is 0 Å². The lowest BCUT2D eigenvalue weighted by atomic mass is 10.2. The van der Waals surface area contributed by atoms with Crippen molar-refractivity contribution in [3.8, 4) is 5.75 Å². The minimum atomic E-state index is -0.984. The lowest BCUT2D eigenvalue weighted by molar-refractivity contribution is 0.0699. The Morgan fingerprint density at radius 3 is 3.12 bits per heavy atom. The van der Waals surface area contributed by atoms with Crippen LogP contribution in [0.3, 0.4) is 0 Å². The summed E-state index contributed by atoms with van der Waals surface area (Å²) >= 11 is 0. The van der Waals surface area contributed by atoms with E-state index in [1.165, 1.54) is 10.7 Å². The van der Waals surface area contributed by atoms with Crippen LogP contribution in [0.25, 0.3) is 5.52 Å². The van der Waals surface area contributed by atoms with Crippen molar-refractivity contribution in [1.82, 2.24) is 9.61 Å². The first-order valence-electron chi connectivity index (χ1n) is 5.06. The third-order valence-electron chi connectivity index (χ3n) is 2.20. The van der Waals surface area contributed by atoms with E-state index in [1.54, 1.807) is 18.3 Å². The quantitative estimate of drug-likeness (QED) is 0.853. The Morgan fingerprint density at radius 1 is 1.62 bits per heavy atom. The van der Waals surface area contributed by atoms with Gasteiger partial charge in [-0.05, 0) is 12.5 Å². The Hall–Kier alpha value is -2.04. The summed E-state index contributed by atoms with van der Waals surface area (Å²) in [7, 11) is 0. The summed E-state index contributed by atoms with van der Waals surface area (Å²) < 4.78 is 6.95. The standard InChI is InChI=1S/C11H12N2O3/c1-2-5-16-8-3-4-13-10(6-8)9(7-12-13)11(14)15/h3-4,6-7H,2,5H2,1H3,(H,14,15). The molecule has 1 N–H and O–H groups in total. The molecule has 2 aromatic heterocycles. The second kappa shape index (κ2) is 4.22. The molecule has 0 amide bonds. The molecule has 0 fully saturated rings. The van der Waals surface area contributed by atoms with Crippen LogP contribution in [0.5, 0.6) is 5.75 Å². The van der Waals surface area contributed by atoms with E-state index in [-0.39, 0.29) is 5.56 Å². The fourth-order valence-corrected chi connectivity index (χ4v) is 1.44. The van der Waals surface area contributed by atoms with Gasteiger partial charge in [0, 0.05) is 12.3 Å². The lowest BCUT2D eigenvalue weighted by Crippen LogP contribution is -1.98. The zero-order valence-corrected chi connectivity index (χ0v) is 8.88. The Morgan fingerprint density at radius 2 is 2.44 bits per heavy atom.